The quantitative estimate of drug-likeness (QED) is 0.206. The molecule has 4 rings (SSSR count). The molecule has 2 aromatic carbocycles. The summed E-state index contributed by atoms with van der Waals surface area (Å²) in [7, 11) is 1.45. The number of piperidine rings is 1. The zero-order valence-corrected chi connectivity index (χ0v) is 22.0. The molecule has 2 aliphatic rings. The Kier molecular flexibility index (Phi) is 8.11. The third kappa shape index (κ3) is 5.87. The lowest BCUT2D eigenvalue weighted by Crippen LogP contribution is -2.44. The predicted molar refractivity (Wildman–Crippen MR) is 140 cm³/mol. The predicted octanol–water partition coefficient (Wildman–Crippen LogP) is 4.57. The first-order valence-corrected chi connectivity index (χ1v) is 12.9. The molecule has 2 fully saturated rings. The minimum atomic E-state index is -0.519. The van der Waals surface area contributed by atoms with Crippen LogP contribution in [0.3, 0.4) is 0 Å². The second kappa shape index (κ2) is 11.3. The number of hydrogen-bond acceptors (Lipinski definition) is 7. The van der Waals surface area contributed by atoms with Crippen molar-refractivity contribution in [2.24, 2.45) is 0 Å². The monoisotopic (exact) mass is 606 g/mol. The molecule has 2 aromatic rings. The van der Waals surface area contributed by atoms with Gasteiger partial charge in [-0.3, -0.25) is 19.3 Å². The largest absolute Gasteiger partial charge is 0.493 e. The van der Waals surface area contributed by atoms with Crippen LogP contribution in [-0.2, 0) is 9.59 Å². The molecule has 3 amide bonds. The SMILES string of the molecule is COc1cc(/C=C2\SC(=O)N(CC(=O)N3CCCCC3)C2=O)cc(I)c1OC(=O)c1ccccc1. The molecule has 0 bridgehead atoms. The highest BCUT2D eigenvalue weighted by atomic mass is 127. The number of rotatable bonds is 6. The maximum atomic E-state index is 12.9. The van der Waals surface area contributed by atoms with Crippen molar-refractivity contribution in [1.82, 2.24) is 9.80 Å². The molecule has 182 valence electrons. The van der Waals surface area contributed by atoms with Gasteiger partial charge >= 0.3 is 5.97 Å². The summed E-state index contributed by atoms with van der Waals surface area (Å²) in [6.45, 7) is 1.06. The van der Waals surface area contributed by atoms with Gasteiger partial charge in [0.1, 0.15) is 6.54 Å². The standard InChI is InChI=1S/C25H23IN2O6S/c1-33-19-13-16(12-18(26)22(19)34-24(31)17-8-4-2-5-9-17)14-20-23(30)28(25(32)35-20)15-21(29)27-10-6-3-7-11-27/h2,4-5,8-9,12-14H,3,6-7,10-11,15H2,1H3/b20-14-. The Hall–Kier alpha value is -2.86. The Morgan fingerprint density at radius 2 is 1.80 bits per heavy atom. The van der Waals surface area contributed by atoms with Crippen LogP contribution in [0.15, 0.2) is 47.4 Å². The van der Waals surface area contributed by atoms with Gasteiger partial charge in [-0.05, 0) is 89.5 Å². The zero-order chi connectivity index (χ0) is 24.9. The average Bonchev–Trinajstić information content (AvgIpc) is 3.13. The van der Waals surface area contributed by atoms with Crippen LogP contribution in [0.2, 0.25) is 0 Å². The van der Waals surface area contributed by atoms with E-state index in [1.54, 1.807) is 53.4 Å². The second-order valence-corrected chi connectivity index (χ2v) is 10.2. The number of nitrogens with zero attached hydrogens (tertiary/aromatic N) is 2. The van der Waals surface area contributed by atoms with E-state index in [0.717, 1.165) is 35.9 Å². The van der Waals surface area contributed by atoms with Gasteiger partial charge in [0.2, 0.25) is 5.91 Å². The number of benzene rings is 2. The maximum Gasteiger partial charge on any atom is 0.343 e. The molecule has 2 saturated heterocycles. The number of hydrogen-bond donors (Lipinski definition) is 0. The van der Waals surface area contributed by atoms with Gasteiger partial charge < -0.3 is 14.4 Å². The van der Waals surface area contributed by atoms with Crippen molar-refractivity contribution >= 4 is 63.5 Å². The summed E-state index contributed by atoms with van der Waals surface area (Å²) in [6.07, 6.45) is 4.53. The van der Waals surface area contributed by atoms with Gasteiger partial charge in [-0.2, -0.15) is 0 Å². The van der Waals surface area contributed by atoms with Crippen LogP contribution in [0.25, 0.3) is 6.08 Å². The Morgan fingerprint density at radius 1 is 1.09 bits per heavy atom. The minimum Gasteiger partial charge on any atom is -0.493 e. The Balaban J connectivity index is 1.51. The number of carbonyl (C=O) groups excluding carboxylic acids is 4. The highest BCUT2D eigenvalue weighted by molar-refractivity contribution is 14.1. The van der Waals surface area contributed by atoms with Crippen molar-refractivity contribution in [3.8, 4) is 11.5 Å². The molecule has 2 heterocycles. The topological polar surface area (TPSA) is 93.2 Å². The van der Waals surface area contributed by atoms with Crippen LogP contribution in [0.5, 0.6) is 11.5 Å². The molecule has 0 atom stereocenters. The molecular weight excluding hydrogens is 583 g/mol. The number of likely N-dealkylation sites (tertiary alicyclic amines) is 1. The lowest BCUT2D eigenvalue weighted by Gasteiger charge is -2.27. The number of halogens is 1. The molecule has 35 heavy (non-hydrogen) atoms. The van der Waals surface area contributed by atoms with Crippen LogP contribution in [0.4, 0.5) is 4.79 Å². The van der Waals surface area contributed by atoms with E-state index in [1.807, 2.05) is 22.6 Å². The van der Waals surface area contributed by atoms with Gasteiger partial charge in [-0.15, -0.1) is 0 Å². The average molecular weight is 606 g/mol. The molecule has 0 N–H and O–H groups in total. The second-order valence-electron chi connectivity index (χ2n) is 8.00. The molecule has 2 aliphatic heterocycles. The van der Waals surface area contributed by atoms with E-state index in [2.05, 4.69) is 0 Å². The first-order valence-electron chi connectivity index (χ1n) is 11.1. The number of thioether (sulfide) groups is 1. The molecule has 0 aromatic heterocycles. The van der Waals surface area contributed by atoms with E-state index in [4.69, 9.17) is 9.47 Å². The molecule has 0 aliphatic carbocycles. The molecule has 0 radical (unpaired) electrons. The summed E-state index contributed by atoms with van der Waals surface area (Å²) < 4.78 is 11.6. The van der Waals surface area contributed by atoms with E-state index in [1.165, 1.54) is 7.11 Å². The van der Waals surface area contributed by atoms with Crippen LogP contribution < -0.4 is 9.47 Å². The third-order valence-corrected chi connectivity index (χ3v) is 7.34. The number of esters is 1. The maximum absolute atomic E-state index is 12.9. The van der Waals surface area contributed by atoms with E-state index in [0.29, 0.717) is 33.5 Å². The zero-order valence-electron chi connectivity index (χ0n) is 19.0. The van der Waals surface area contributed by atoms with Crippen molar-refractivity contribution in [3.63, 3.8) is 0 Å². The van der Waals surface area contributed by atoms with Gasteiger partial charge in [-0.25, -0.2) is 4.79 Å². The van der Waals surface area contributed by atoms with Crippen LogP contribution in [0.1, 0.15) is 35.2 Å². The van der Waals surface area contributed by atoms with E-state index in [-0.39, 0.29) is 23.1 Å². The van der Waals surface area contributed by atoms with Gasteiger partial charge in [0.25, 0.3) is 11.1 Å². The molecular formula is C25H23IN2O6S. The summed E-state index contributed by atoms with van der Waals surface area (Å²) in [4.78, 5) is 53.3. The molecule has 0 saturated carbocycles. The number of methoxy groups -OCH3 is 1. The summed E-state index contributed by atoms with van der Waals surface area (Å²) >= 11 is 2.82. The van der Waals surface area contributed by atoms with Crippen LogP contribution in [-0.4, -0.2) is 59.6 Å². The fraction of sp³-hybridized carbons (Fsp3) is 0.280. The van der Waals surface area contributed by atoms with Gasteiger partial charge in [0.15, 0.2) is 11.5 Å². The van der Waals surface area contributed by atoms with E-state index < -0.39 is 17.1 Å². The fourth-order valence-electron chi connectivity index (χ4n) is 3.81. The molecule has 8 nitrogen and oxygen atoms in total. The molecule has 10 heteroatoms. The fourth-order valence-corrected chi connectivity index (χ4v) is 5.39. The summed E-state index contributed by atoms with van der Waals surface area (Å²) in [5.41, 5.74) is 1.00. The van der Waals surface area contributed by atoms with Crippen LogP contribution in [0, 0.1) is 3.57 Å². The lowest BCUT2D eigenvalue weighted by molar-refractivity contribution is -0.136. The van der Waals surface area contributed by atoms with Crippen molar-refractivity contribution in [2.75, 3.05) is 26.7 Å². The Morgan fingerprint density at radius 3 is 2.49 bits per heavy atom. The van der Waals surface area contributed by atoms with E-state index >= 15 is 0 Å². The number of imide groups is 1. The lowest BCUT2D eigenvalue weighted by atomic mass is 10.1. The number of carbonyl (C=O) groups is 4. The number of amides is 3. The van der Waals surface area contributed by atoms with E-state index in [9.17, 15) is 19.2 Å². The highest BCUT2D eigenvalue weighted by Gasteiger charge is 2.37. The van der Waals surface area contributed by atoms with Crippen molar-refractivity contribution in [3.05, 3.63) is 62.1 Å². The summed E-state index contributed by atoms with van der Waals surface area (Å²) in [5, 5.41) is -0.471. The van der Waals surface area contributed by atoms with Gasteiger partial charge in [-0.1, -0.05) is 18.2 Å². The normalized spacial score (nSPS) is 17.1. The van der Waals surface area contributed by atoms with Crippen molar-refractivity contribution in [1.29, 1.82) is 0 Å². The van der Waals surface area contributed by atoms with Crippen LogP contribution >= 0.6 is 34.4 Å². The summed E-state index contributed by atoms with van der Waals surface area (Å²) in [6, 6.07) is 12.0. The Bertz CT molecular complexity index is 1190. The molecule has 0 spiro atoms. The smallest absolute Gasteiger partial charge is 0.343 e. The number of ether oxygens (including phenoxy) is 2. The van der Waals surface area contributed by atoms with Gasteiger partial charge in [0, 0.05) is 13.1 Å². The Labute approximate surface area is 220 Å². The molecule has 0 unspecified atom stereocenters. The van der Waals surface area contributed by atoms with Gasteiger partial charge in [0.05, 0.1) is 21.1 Å². The van der Waals surface area contributed by atoms with Crippen molar-refractivity contribution in [2.45, 2.75) is 19.3 Å². The first kappa shape index (κ1) is 25.2. The minimum absolute atomic E-state index is 0.214. The summed E-state index contributed by atoms with van der Waals surface area (Å²) in [5.74, 6) is -0.659. The third-order valence-electron chi connectivity index (χ3n) is 5.63. The van der Waals surface area contributed by atoms with Crippen molar-refractivity contribution < 1.29 is 28.7 Å². The highest BCUT2D eigenvalue weighted by Crippen LogP contribution is 2.37. The first-order chi connectivity index (χ1) is 16.9.